The highest BCUT2D eigenvalue weighted by Crippen LogP contribution is 2.36. The number of hydrogen-bond acceptors (Lipinski definition) is 6. The number of morpholine rings is 1. The van der Waals surface area contributed by atoms with Crippen LogP contribution in [0.1, 0.15) is 32.3 Å². The highest BCUT2D eigenvalue weighted by molar-refractivity contribution is 5.94. The first-order valence-corrected chi connectivity index (χ1v) is 9.63. The second kappa shape index (κ2) is 7.56. The fraction of sp³-hybridized carbons (Fsp3) is 0.429. The van der Waals surface area contributed by atoms with Gasteiger partial charge in [0.05, 0.1) is 36.9 Å². The van der Waals surface area contributed by atoms with Gasteiger partial charge in [0.25, 0.3) is 0 Å². The monoisotopic (exact) mass is 376 g/mol. The van der Waals surface area contributed by atoms with Crippen LogP contribution in [0.5, 0.6) is 0 Å². The average molecular weight is 376 g/mol. The van der Waals surface area contributed by atoms with Gasteiger partial charge in [0.2, 0.25) is 0 Å². The number of nitrogens with one attached hydrogen (secondary N) is 1. The van der Waals surface area contributed by atoms with Crippen molar-refractivity contribution in [1.29, 1.82) is 5.26 Å². The van der Waals surface area contributed by atoms with Gasteiger partial charge in [-0.2, -0.15) is 10.4 Å². The zero-order chi connectivity index (χ0) is 19.7. The minimum atomic E-state index is -0.224. The number of ether oxygens (including phenoxy) is 1. The summed E-state index contributed by atoms with van der Waals surface area (Å²) in [5, 5.41) is 17.9. The molecule has 0 spiro atoms. The van der Waals surface area contributed by atoms with E-state index < -0.39 is 0 Å². The quantitative estimate of drug-likeness (QED) is 0.749. The molecule has 0 aliphatic carbocycles. The Morgan fingerprint density at radius 3 is 2.86 bits per heavy atom. The Hall–Kier alpha value is -2.98. The van der Waals surface area contributed by atoms with Crippen LogP contribution in [-0.2, 0) is 4.74 Å². The van der Waals surface area contributed by atoms with Gasteiger partial charge in [-0.15, -0.1) is 0 Å². The summed E-state index contributed by atoms with van der Waals surface area (Å²) in [5.41, 5.74) is 3.35. The zero-order valence-corrected chi connectivity index (χ0v) is 16.4. The lowest BCUT2D eigenvalue weighted by Crippen LogP contribution is -2.44. The van der Waals surface area contributed by atoms with E-state index in [4.69, 9.17) is 9.72 Å². The van der Waals surface area contributed by atoms with Gasteiger partial charge in [-0.25, -0.2) is 4.98 Å². The molecule has 4 rings (SSSR count). The largest absolute Gasteiger partial charge is 0.377 e. The number of nitrogens with zero attached hydrogens (tertiary/aromatic N) is 5. The van der Waals surface area contributed by atoms with Crippen molar-refractivity contribution in [1.82, 2.24) is 20.2 Å². The third kappa shape index (κ3) is 3.20. The Morgan fingerprint density at radius 2 is 2.18 bits per heavy atom. The molecule has 144 valence electrons. The summed E-state index contributed by atoms with van der Waals surface area (Å²) in [5.74, 6) is 0.833. The first-order valence-electron chi connectivity index (χ1n) is 9.63. The van der Waals surface area contributed by atoms with Crippen LogP contribution in [0.25, 0.3) is 22.3 Å². The molecule has 0 radical (unpaired) electrons. The summed E-state index contributed by atoms with van der Waals surface area (Å²) in [6.45, 7) is 8.40. The first kappa shape index (κ1) is 18.4. The van der Waals surface area contributed by atoms with Crippen molar-refractivity contribution >= 4 is 16.7 Å². The smallest absolute Gasteiger partial charge is 0.130 e. The number of aromatic amines is 1. The van der Waals surface area contributed by atoms with E-state index in [1.165, 1.54) is 0 Å². The number of rotatable bonds is 4. The molecule has 0 bridgehead atoms. The molecule has 1 fully saturated rings. The van der Waals surface area contributed by atoms with Gasteiger partial charge in [0.1, 0.15) is 17.0 Å². The first-order chi connectivity index (χ1) is 13.6. The van der Waals surface area contributed by atoms with Crippen LogP contribution in [0, 0.1) is 17.2 Å². The molecule has 0 aromatic carbocycles. The molecule has 3 aromatic heterocycles. The number of fused-ring (bicyclic) bond motifs is 1. The maximum Gasteiger partial charge on any atom is 0.130 e. The molecule has 7 nitrogen and oxygen atoms in total. The highest BCUT2D eigenvalue weighted by atomic mass is 16.5. The molecule has 1 saturated heterocycles. The van der Waals surface area contributed by atoms with Gasteiger partial charge in [-0.1, -0.05) is 13.8 Å². The van der Waals surface area contributed by atoms with E-state index in [0.29, 0.717) is 13.2 Å². The minimum Gasteiger partial charge on any atom is -0.377 e. The van der Waals surface area contributed by atoms with Gasteiger partial charge >= 0.3 is 0 Å². The van der Waals surface area contributed by atoms with E-state index in [2.05, 4.69) is 53.0 Å². The molecule has 1 unspecified atom stereocenters. The van der Waals surface area contributed by atoms with Crippen LogP contribution < -0.4 is 4.90 Å². The van der Waals surface area contributed by atoms with E-state index in [9.17, 15) is 5.26 Å². The Labute approximate surface area is 164 Å². The molecule has 7 heteroatoms. The highest BCUT2D eigenvalue weighted by Gasteiger charge is 2.26. The second-order valence-electron chi connectivity index (χ2n) is 7.56. The summed E-state index contributed by atoms with van der Waals surface area (Å²) < 4.78 is 5.59. The Morgan fingerprint density at radius 1 is 1.32 bits per heavy atom. The number of nitriles is 1. The van der Waals surface area contributed by atoms with E-state index in [1.54, 1.807) is 12.4 Å². The Kier molecular flexibility index (Phi) is 4.97. The van der Waals surface area contributed by atoms with Crippen LogP contribution in [0.3, 0.4) is 0 Å². The maximum absolute atomic E-state index is 9.88. The van der Waals surface area contributed by atoms with Crippen LogP contribution in [0.4, 0.5) is 5.82 Å². The van der Waals surface area contributed by atoms with Crippen molar-refractivity contribution in [3.05, 3.63) is 36.2 Å². The molecule has 3 aromatic rings. The molecule has 28 heavy (non-hydrogen) atoms. The summed E-state index contributed by atoms with van der Waals surface area (Å²) >= 11 is 0. The van der Waals surface area contributed by atoms with Crippen LogP contribution in [-0.4, -0.2) is 46.0 Å². The number of hydrogen-bond donors (Lipinski definition) is 1. The Balaban J connectivity index is 1.98. The standard InChI is InChI=1S/C21H24N6O/c1-13(2)17(11-22)16-10-19(27-8-9-28-12-14(27)3)25-20-15(16)4-6-23-21(20)18-5-7-24-26-18/h4-7,10,13-14,17H,8-9,12H2,1-3H3,(H,24,26)/t14-,17?/m1/s1. The third-order valence-corrected chi connectivity index (χ3v) is 5.30. The van der Waals surface area contributed by atoms with Crippen molar-refractivity contribution in [2.45, 2.75) is 32.7 Å². The van der Waals surface area contributed by atoms with E-state index in [-0.39, 0.29) is 17.9 Å². The van der Waals surface area contributed by atoms with Gasteiger partial charge < -0.3 is 9.64 Å². The molecule has 4 heterocycles. The fourth-order valence-corrected chi connectivity index (χ4v) is 3.80. The molecule has 0 saturated carbocycles. The molecular formula is C21H24N6O. The number of aromatic nitrogens is 4. The molecule has 1 N–H and O–H groups in total. The van der Waals surface area contributed by atoms with Crippen molar-refractivity contribution in [2.24, 2.45) is 5.92 Å². The van der Waals surface area contributed by atoms with Crippen LogP contribution in [0.2, 0.25) is 0 Å². The molecule has 1 aliphatic heterocycles. The maximum atomic E-state index is 9.88. The van der Waals surface area contributed by atoms with Gasteiger partial charge in [0.15, 0.2) is 0 Å². The summed E-state index contributed by atoms with van der Waals surface area (Å²) in [7, 11) is 0. The molecular weight excluding hydrogens is 352 g/mol. The Bertz CT molecular complexity index is 1010. The number of H-pyrrole nitrogens is 1. The predicted octanol–water partition coefficient (Wildman–Crippen LogP) is 3.51. The van der Waals surface area contributed by atoms with E-state index in [1.807, 2.05) is 12.1 Å². The normalized spacial score (nSPS) is 18.4. The van der Waals surface area contributed by atoms with E-state index in [0.717, 1.165) is 40.2 Å². The van der Waals surface area contributed by atoms with Crippen molar-refractivity contribution < 1.29 is 4.74 Å². The SMILES string of the molecule is CC(C)C(C#N)c1cc(N2CCOC[C@H]2C)nc2c(-c3ccn[nH]3)nccc12. The minimum absolute atomic E-state index is 0.189. The number of pyridine rings is 2. The van der Waals surface area contributed by atoms with Crippen molar-refractivity contribution in [2.75, 3.05) is 24.7 Å². The van der Waals surface area contributed by atoms with Crippen LogP contribution in [0.15, 0.2) is 30.6 Å². The number of anilines is 1. The lowest BCUT2D eigenvalue weighted by atomic mass is 9.87. The summed E-state index contributed by atoms with van der Waals surface area (Å²) in [6, 6.07) is 8.63. The molecule has 0 amide bonds. The average Bonchev–Trinajstić information content (AvgIpc) is 3.22. The third-order valence-electron chi connectivity index (χ3n) is 5.30. The van der Waals surface area contributed by atoms with Gasteiger partial charge in [-0.05, 0) is 36.6 Å². The summed E-state index contributed by atoms with van der Waals surface area (Å²) in [6.07, 6.45) is 3.48. The van der Waals surface area contributed by atoms with Gasteiger partial charge in [0, 0.05) is 24.3 Å². The van der Waals surface area contributed by atoms with Crippen molar-refractivity contribution in [3.63, 3.8) is 0 Å². The topological polar surface area (TPSA) is 90.7 Å². The van der Waals surface area contributed by atoms with Gasteiger partial charge in [-0.3, -0.25) is 10.1 Å². The summed E-state index contributed by atoms with van der Waals surface area (Å²) in [4.78, 5) is 11.8. The predicted molar refractivity (Wildman–Crippen MR) is 108 cm³/mol. The molecule has 1 aliphatic rings. The zero-order valence-electron chi connectivity index (χ0n) is 16.4. The lowest BCUT2D eigenvalue weighted by Gasteiger charge is -2.35. The van der Waals surface area contributed by atoms with Crippen molar-refractivity contribution in [3.8, 4) is 17.5 Å². The van der Waals surface area contributed by atoms with E-state index >= 15 is 0 Å². The second-order valence-corrected chi connectivity index (χ2v) is 7.56. The lowest BCUT2D eigenvalue weighted by molar-refractivity contribution is 0.0985. The molecule has 2 atom stereocenters. The van der Waals surface area contributed by atoms with Crippen LogP contribution >= 0.6 is 0 Å². The fourth-order valence-electron chi connectivity index (χ4n) is 3.80.